The average molecular weight is 312 g/mol. The van der Waals surface area contributed by atoms with Gasteiger partial charge in [0.15, 0.2) is 5.82 Å². The minimum Gasteiger partial charge on any atom is -0.339 e. The summed E-state index contributed by atoms with van der Waals surface area (Å²) in [6, 6.07) is 18.7. The molecule has 0 bridgehead atoms. The Balaban J connectivity index is 1.92. The van der Waals surface area contributed by atoms with E-state index in [1.807, 2.05) is 30.5 Å². The third-order valence-electron chi connectivity index (χ3n) is 4.61. The van der Waals surface area contributed by atoms with Crippen LogP contribution >= 0.6 is 0 Å². The summed E-state index contributed by atoms with van der Waals surface area (Å²) in [6.45, 7) is 3.06. The zero-order chi connectivity index (χ0) is 16.1. The molecule has 0 saturated heterocycles. The lowest BCUT2D eigenvalue weighted by Gasteiger charge is -2.06. The highest BCUT2D eigenvalue weighted by atomic mass is 15.0. The van der Waals surface area contributed by atoms with Crippen molar-refractivity contribution in [3.8, 4) is 11.5 Å². The van der Waals surface area contributed by atoms with E-state index in [0.29, 0.717) is 0 Å². The normalized spacial score (nSPS) is 11.7. The summed E-state index contributed by atoms with van der Waals surface area (Å²) in [4.78, 5) is 12.8. The number of para-hydroxylation sites is 3. The molecule has 3 aromatic heterocycles. The van der Waals surface area contributed by atoms with Crippen molar-refractivity contribution in [1.29, 1.82) is 0 Å². The van der Waals surface area contributed by atoms with Crippen molar-refractivity contribution in [2.24, 2.45) is 0 Å². The first kappa shape index (κ1) is 13.3. The van der Waals surface area contributed by atoms with Gasteiger partial charge in [0.05, 0.1) is 16.6 Å². The fourth-order valence-electron chi connectivity index (χ4n) is 3.57. The number of imidazole rings is 1. The molecule has 5 rings (SSSR count). The second-order valence-corrected chi connectivity index (χ2v) is 5.92. The second kappa shape index (κ2) is 4.93. The molecule has 4 nitrogen and oxygen atoms in total. The molecule has 0 atom stereocenters. The van der Waals surface area contributed by atoms with E-state index in [9.17, 15) is 0 Å². The van der Waals surface area contributed by atoms with Crippen molar-refractivity contribution in [1.82, 2.24) is 19.5 Å². The van der Waals surface area contributed by atoms with E-state index in [2.05, 4.69) is 51.8 Å². The summed E-state index contributed by atoms with van der Waals surface area (Å²) in [5.74, 6) is 0.819. The third kappa shape index (κ3) is 1.74. The van der Waals surface area contributed by atoms with Crippen molar-refractivity contribution in [2.75, 3.05) is 0 Å². The van der Waals surface area contributed by atoms with Gasteiger partial charge >= 0.3 is 0 Å². The first-order valence-corrected chi connectivity index (χ1v) is 8.18. The van der Waals surface area contributed by atoms with Crippen LogP contribution in [0.1, 0.15) is 6.92 Å². The predicted octanol–water partition coefficient (Wildman–Crippen LogP) is 4.75. The van der Waals surface area contributed by atoms with E-state index in [4.69, 9.17) is 4.98 Å². The molecule has 0 fully saturated rings. The van der Waals surface area contributed by atoms with Gasteiger partial charge in [-0.3, -0.25) is 4.98 Å². The summed E-state index contributed by atoms with van der Waals surface area (Å²) in [5.41, 5.74) is 5.28. The summed E-state index contributed by atoms with van der Waals surface area (Å²) < 4.78 is 2.32. The predicted molar refractivity (Wildman–Crippen MR) is 98.0 cm³/mol. The van der Waals surface area contributed by atoms with E-state index in [1.165, 1.54) is 16.3 Å². The number of rotatable bonds is 2. The molecule has 0 amide bonds. The van der Waals surface area contributed by atoms with Gasteiger partial charge < -0.3 is 9.55 Å². The van der Waals surface area contributed by atoms with Crippen LogP contribution in [0.15, 0.2) is 60.8 Å². The lowest BCUT2D eigenvalue weighted by molar-refractivity contribution is 0.826. The molecule has 5 aromatic rings. The molecule has 0 radical (unpaired) electrons. The van der Waals surface area contributed by atoms with E-state index >= 15 is 0 Å². The first-order chi connectivity index (χ1) is 11.9. The number of fused-ring (bicyclic) bond motifs is 4. The van der Waals surface area contributed by atoms with Crippen molar-refractivity contribution in [3.63, 3.8) is 0 Å². The molecule has 24 heavy (non-hydrogen) atoms. The molecule has 0 aliphatic heterocycles. The van der Waals surface area contributed by atoms with E-state index in [-0.39, 0.29) is 0 Å². The lowest BCUT2D eigenvalue weighted by atomic mass is 10.1. The number of nitrogens with zero attached hydrogens (tertiary/aromatic N) is 3. The monoisotopic (exact) mass is 312 g/mol. The van der Waals surface area contributed by atoms with Gasteiger partial charge in [0.25, 0.3) is 0 Å². The zero-order valence-corrected chi connectivity index (χ0v) is 13.3. The molecule has 1 N–H and O–H groups in total. The zero-order valence-electron chi connectivity index (χ0n) is 13.3. The van der Waals surface area contributed by atoms with E-state index < -0.39 is 0 Å². The van der Waals surface area contributed by atoms with Crippen LogP contribution in [0.5, 0.6) is 0 Å². The van der Waals surface area contributed by atoms with Gasteiger partial charge in [-0.05, 0) is 31.2 Å². The Kier molecular flexibility index (Phi) is 2.73. The largest absolute Gasteiger partial charge is 0.339 e. The number of benzene rings is 2. The summed E-state index contributed by atoms with van der Waals surface area (Å²) >= 11 is 0. The number of nitrogens with one attached hydrogen (secondary N) is 1. The fraction of sp³-hybridized carbons (Fsp3) is 0.100. The number of aryl methyl sites for hydroxylation is 1. The van der Waals surface area contributed by atoms with Gasteiger partial charge in [-0.1, -0.05) is 30.3 Å². The summed E-state index contributed by atoms with van der Waals surface area (Å²) in [6.07, 6.45) is 1.87. The number of hydrogen-bond acceptors (Lipinski definition) is 2. The van der Waals surface area contributed by atoms with Crippen LogP contribution in [0.3, 0.4) is 0 Å². The van der Waals surface area contributed by atoms with Crippen molar-refractivity contribution in [2.45, 2.75) is 13.5 Å². The first-order valence-electron chi connectivity index (χ1n) is 8.18. The van der Waals surface area contributed by atoms with E-state index in [0.717, 1.165) is 34.6 Å². The minimum absolute atomic E-state index is 0.819. The Bertz CT molecular complexity index is 1160. The van der Waals surface area contributed by atoms with Gasteiger partial charge in [0.1, 0.15) is 5.69 Å². The number of hydrogen-bond donors (Lipinski definition) is 1. The van der Waals surface area contributed by atoms with Gasteiger partial charge in [0.2, 0.25) is 0 Å². The Hall–Kier alpha value is -3.14. The third-order valence-corrected chi connectivity index (χ3v) is 4.61. The van der Waals surface area contributed by atoms with E-state index in [1.54, 1.807) is 0 Å². The Morgan fingerprint density at radius 3 is 2.67 bits per heavy atom. The molecular formula is C20H16N4. The molecule has 2 aromatic carbocycles. The number of H-pyrrole nitrogens is 1. The maximum absolute atomic E-state index is 4.75. The highest BCUT2D eigenvalue weighted by Gasteiger charge is 2.17. The molecule has 0 aliphatic rings. The van der Waals surface area contributed by atoms with Crippen molar-refractivity contribution < 1.29 is 0 Å². The Morgan fingerprint density at radius 1 is 0.958 bits per heavy atom. The maximum Gasteiger partial charge on any atom is 0.159 e. The van der Waals surface area contributed by atoms with Crippen molar-refractivity contribution in [3.05, 3.63) is 60.8 Å². The minimum atomic E-state index is 0.819. The van der Waals surface area contributed by atoms with Crippen molar-refractivity contribution >= 4 is 32.8 Å². The van der Waals surface area contributed by atoms with Gasteiger partial charge in [0, 0.05) is 29.0 Å². The number of pyridine rings is 1. The average Bonchev–Trinajstić information content (AvgIpc) is 3.20. The topological polar surface area (TPSA) is 46.5 Å². The van der Waals surface area contributed by atoms with Crippen LogP contribution in [0.2, 0.25) is 0 Å². The maximum atomic E-state index is 4.75. The number of aromatic amines is 1. The lowest BCUT2D eigenvalue weighted by Crippen LogP contribution is -1.97. The van der Waals surface area contributed by atoms with Gasteiger partial charge in [-0.15, -0.1) is 0 Å². The highest BCUT2D eigenvalue weighted by molar-refractivity contribution is 6.11. The van der Waals surface area contributed by atoms with Crippen LogP contribution in [-0.4, -0.2) is 19.5 Å². The van der Waals surface area contributed by atoms with Gasteiger partial charge in [-0.25, -0.2) is 4.98 Å². The summed E-state index contributed by atoms with van der Waals surface area (Å²) in [5, 5.41) is 2.48. The van der Waals surface area contributed by atoms with Crippen LogP contribution in [0.4, 0.5) is 0 Å². The fourth-order valence-corrected chi connectivity index (χ4v) is 3.57. The SMILES string of the molecule is CCn1c2ccccc2c2ccnc(-c3nc4ccccc4[nH]3)c21. The van der Waals surface area contributed by atoms with Gasteiger partial charge in [-0.2, -0.15) is 0 Å². The molecular weight excluding hydrogens is 296 g/mol. The van der Waals surface area contributed by atoms with Crippen LogP contribution in [-0.2, 0) is 6.54 Å². The summed E-state index contributed by atoms with van der Waals surface area (Å²) in [7, 11) is 0. The Labute approximate surface area is 138 Å². The molecule has 0 aliphatic carbocycles. The van der Waals surface area contributed by atoms with Crippen LogP contribution in [0.25, 0.3) is 44.4 Å². The highest BCUT2D eigenvalue weighted by Crippen LogP contribution is 2.34. The Morgan fingerprint density at radius 2 is 1.79 bits per heavy atom. The molecule has 4 heteroatoms. The smallest absolute Gasteiger partial charge is 0.159 e. The molecule has 0 saturated carbocycles. The molecule has 0 spiro atoms. The second-order valence-electron chi connectivity index (χ2n) is 5.92. The molecule has 116 valence electrons. The van der Waals surface area contributed by atoms with Crippen LogP contribution in [0, 0.1) is 0 Å². The standard InChI is InChI=1S/C20H16N4/c1-2-24-17-10-6-3-7-13(17)14-11-12-21-18(19(14)24)20-22-15-8-4-5-9-16(15)23-20/h3-12H,2H2,1H3,(H,22,23). The molecule has 0 unspecified atom stereocenters. The molecule has 3 heterocycles. The number of aromatic nitrogens is 4. The van der Waals surface area contributed by atoms with Crippen LogP contribution < -0.4 is 0 Å². The quantitative estimate of drug-likeness (QED) is 0.511.